The van der Waals surface area contributed by atoms with Crippen LogP contribution in [-0.2, 0) is 11.5 Å². The van der Waals surface area contributed by atoms with Crippen LogP contribution in [0.25, 0.3) is 11.1 Å². The van der Waals surface area contributed by atoms with E-state index >= 15 is 0 Å². The minimum atomic E-state index is 0.0865. The van der Waals surface area contributed by atoms with Gasteiger partial charge in [0.15, 0.2) is 5.58 Å². The van der Waals surface area contributed by atoms with Gasteiger partial charge in [0.25, 0.3) is 4.84 Å². The van der Waals surface area contributed by atoms with Gasteiger partial charge in [-0.1, -0.05) is 11.6 Å². The van der Waals surface area contributed by atoms with E-state index in [2.05, 4.69) is 15.1 Å². The number of fused-ring (bicyclic) bond motifs is 1. The number of nitrogens with one attached hydrogen (secondary N) is 1. The minimum absolute atomic E-state index is 0.0865. The van der Waals surface area contributed by atoms with Gasteiger partial charge < -0.3 is 9.73 Å². The Bertz CT molecular complexity index is 809. The predicted molar refractivity (Wildman–Crippen MR) is 101 cm³/mol. The van der Waals surface area contributed by atoms with E-state index in [0.717, 1.165) is 31.7 Å². The van der Waals surface area contributed by atoms with Gasteiger partial charge in [-0.3, -0.25) is 19.2 Å². The van der Waals surface area contributed by atoms with Crippen molar-refractivity contribution in [2.24, 2.45) is 0 Å². The molecule has 0 radical (unpaired) electrons. The minimum Gasteiger partial charge on any atom is -0.429 e. The first-order valence-electron chi connectivity index (χ1n) is 8.45. The zero-order valence-electron chi connectivity index (χ0n) is 14.5. The molecule has 1 fully saturated rings. The number of amides is 1. The Morgan fingerprint density at radius 3 is 2.64 bits per heavy atom. The number of carbonyl (C=O) groups is 1. The first kappa shape index (κ1) is 18.4. The highest BCUT2D eigenvalue weighted by Crippen LogP contribution is 2.22. The predicted octanol–water partition coefficient (Wildman–Crippen LogP) is 2.72. The molecule has 25 heavy (non-hydrogen) atoms. The first-order valence-corrected chi connectivity index (χ1v) is 9.24. The van der Waals surface area contributed by atoms with E-state index < -0.39 is 0 Å². The average molecular weight is 383 g/mol. The number of rotatable bonds is 5. The molecule has 8 heteroatoms. The van der Waals surface area contributed by atoms with E-state index in [9.17, 15) is 4.79 Å². The van der Waals surface area contributed by atoms with Gasteiger partial charge in [-0.2, -0.15) is 0 Å². The van der Waals surface area contributed by atoms with Gasteiger partial charge >= 0.3 is 0 Å². The molecule has 0 spiro atoms. The van der Waals surface area contributed by atoms with Gasteiger partial charge in [0, 0.05) is 43.3 Å². The summed E-state index contributed by atoms with van der Waals surface area (Å²) in [6.07, 6.45) is 0. The Morgan fingerprint density at radius 1 is 1.28 bits per heavy atom. The molecule has 6 nitrogen and oxygen atoms in total. The molecule has 1 amide bonds. The summed E-state index contributed by atoms with van der Waals surface area (Å²) in [6.45, 7) is 8.58. The van der Waals surface area contributed by atoms with Gasteiger partial charge in [0.2, 0.25) is 5.91 Å². The third-order valence-corrected chi connectivity index (χ3v) is 4.79. The highest BCUT2D eigenvalue weighted by molar-refractivity contribution is 7.71. The molecule has 2 heterocycles. The van der Waals surface area contributed by atoms with Crippen LogP contribution in [0.5, 0.6) is 0 Å². The van der Waals surface area contributed by atoms with Crippen LogP contribution in [-0.4, -0.2) is 59.0 Å². The Kier molecular flexibility index (Phi) is 5.78. The largest absolute Gasteiger partial charge is 0.429 e. The van der Waals surface area contributed by atoms with Gasteiger partial charge in [-0.25, -0.2) is 0 Å². The van der Waals surface area contributed by atoms with Crippen molar-refractivity contribution < 1.29 is 9.21 Å². The molecule has 1 N–H and O–H groups in total. The number of aromatic nitrogens is 1. The smallest absolute Gasteiger partial charge is 0.270 e. The van der Waals surface area contributed by atoms with Crippen LogP contribution in [0, 0.1) is 4.84 Å². The molecule has 0 unspecified atom stereocenters. The fourth-order valence-electron chi connectivity index (χ4n) is 3.03. The van der Waals surface area contributed by atoms with E-state index in [0.29, 0.717) is 28.7 Å². The first-order chi connectivity index (χ1) is 11.9. The lowest BCUT2D eigenvalue weighted by Crippen LogP contribution is -2.50. The van der Waals surface area contributed by atoms with Crippen molar-refractivity contribution in [1.82, 2.24) is 19.7 Å². The standard InChI is InChI=1S/C17H23ClN4O2S/c1-12(2)19-16(23)10-20-5-7-21(8-6-20)11-22-14-4-3-13(18)9-15(14)24-17(22)25/h3-4,9,12H,5-8,10-11H2,1-2H3,(H,19,23). The summed E-state index contributed by atoms with van der Waals surface area (Å²) in [4.78, 5) is 16.8. The summed E-state index contributed by atoms with van der Waals surface area (Å²) in [5.41, 5.74) is 1.66. The second kappa shape index (κ2) is 7.86. The number of benzene rings is 1. The van der Waals surface area contributed by atoms with Gasteiger partial charge in [-0.05, 0) is 38.2 Å². The van der Waals surface area contributed by atoms with Crippen molar-refractivity contribution in [3.8, 4) is 0 Å². The third kappa shape index (κ3) is 4.61. The van der Waals surface area contributed by atoms with Crippen LogP contribution in [0.3, 0.4) is 0 Å². The molecule has 0 atom stereocenters. The lowest BCUT2D eigenvalue weighted by molar-refractivity contribution is -0.123. The summed E-state index contributed by atoms with van der Waals surface area (Å²) >= 11 is 11.4. The molecule has 1 aliphatic rings. The van der Waals surface area contributed by atoms with Crippen LogP contribution >= 0.6 is 23.8 Å². The zero-order valence-corrected chi connectivity index (χ0v) is 16.1. The number of oxazole rings is 1. The lowest BCUT2D eigenvalue weighted by Gasteiger charge is -2.34. The lowest BCUT2D eigenvalue weighted by atomic mass is 10.3. The molecule has 3 rings (SSSR count). The number of hydrogen-bond acceptors (Lipinski definition) is 5. The van der Waals surface area contributed by atoms with Gasteiger partial charge in [0.1, 0.15) is 0 Å². The zero-order chi connectivity index (χ0) is 18.0. The van der Waals surface area contributed by atoms with Crippen molar-refractivity contribution in [3.63, 3.8) is 0 Å². The number of hydrogen-bond donors (Lipinski definition) is 1. The Labute approximate surface area is 157 Å². The third-order valence-electron chi connectivity index (χ3n) is 4.25. The maximum absolute atomic E-state index is 11.9. The van der Waals surface area contributed by atoms with Crippen LogP contribution in [0.4, 0.5) is 0 Å². The second-order valence-corrected chi connectivity index (χ2v) is 7.45. The SMILES string of the molecule is CC(C)NC(=O)CN1CCN(Cn2c(=S)oc3cc(Cl)ccc32)CC1. The van der Waals surface area contributed by atoms with Crippen LogP contribution in [0.15, 0.2) is 22.6 Å². The fourth-order valence-corrected chi connectivity index (χ4v) is 3.44. The van der Waals surface area contributed by atoms with Crippen LogP contribution in [0.2, 0.25) is 5.02 Å². The molecule has 1 aromatic carbocycles. The highest BCUT2D eigenvalue weighted by Gasteiger charge is 2.20. The number of nitrogens with zero attached hydrogens (tertiary/aromatic N) is 3. The molecule has 1 aromatic heterocycles. The molecule has 1 saturated heterocycles. The van der Waals surface area contributed by atoms with E-state index in [1.807, 2.05) is 30.5 Å². The highest BCUT2D eigenvalue weighted by atomic mass is 35.5. The summed E-state index contributed by atoms with van der Waals surface area (Å²) in [6, 6.07) is 5.74. The second-order valence-electron chi connectivity index (χ2n) is 6.67. The summed E-state index contributed by atoms with van der Waals surface area (Å²) in [5, 5.41) is 3.57. The van der Waals surface area contributed by atoms with Crippen molar-refractivity contribution in [1.29, 1.82) is 0 Å². The normalized spacial score (nSPS) is 16.6. The maximum atomic E-state index is 11.9. The molecule has 0 bridgehead atoms. The van der Waals surface area contributed by atoms with Crippen molar-refractivity contribution in [2.75, 3.05) is 32.7 Å². The maximum Gasteiger partial charge on any atom is 0.270 e. The summed E-state index contributed by atoms with van der Waals surface area (Å²) in [7, 11) is 0. The van der Waals surface area contributed by atoms with E-state index in [1.54, 1.807) is 6.07 Å². The van der Waals surface area contributed by atoms with E-state index in [-0.39, 0.29) is 11.9 Å². The molecule has 0 aliphatic carbocycles. The molecule has 0 saturated carbocycles. The Hall–Kier alpha value is -1.41. The molecule has 2 aromatic rings. The Balaban J connectivity index is 1.59. The number of piperazine rings is 1. The van der Waals surface area contributed by atoms with Crippen molar-refractivity contribution in [2.45, 2.75) is 26.6 Å². The van der Waals surface area contributed by atoms with Gasteiger partial charge in [0.05, 0.1) is 18.7 Å². The van der Waals surface area contributed by atoms with E-state index in [1.165, 1.54) is 0 Å². The van der Waals surface area contributed by atoms with Crippen LogP contribution in [0.1, 0.15) is 13.8 Å². The van der Waals surface area contributed by atoms with E-state index in [4.69, 9.17) is 28.2 Å². The van der Waals surface area contributed by atoms with Crippen molar-refractivity contribution >= 4 is 40.8 Å². The van der Waals surface area contributed by atoms with Crippen LogP contribution < -0.4 is 5.32 Å². The fraction of sp³-hybridized carbons (Fsp3) is 0.529. The molecular formula is C17H23ClN4O2S. The molecule has 1 aliphatic heterocycles. The van der Waals surface area contributed by atoms with Crippen molar-refractivity contribution in [3.05, 3.63) is 28.1 Å². The topological polar surface area (TPSA) is 53.7 Å². The Morgan fingerprint density at radius 2 is 1.96 bits per heavy atom. The number of carbonyl (C=O) groups excluding carboxylic acids is 1. The average Bonchev–Trinajstić information content (AvgIpc) is 2.83. The monoisotopic (exact) mass is 382 g/mol. The van der Waals surface area contributed by atoms with Gasteiger partial charge in [-0.15, -0.1) is 0 Å². The quantitative estimate of drug-likeness (QED) is 0.806. The number of halogens is 1. The summed E-state index contributed by atoms with van der Waals surface area (Å²) in [5.74, 6) is 0.0865. The summed E-state index contributed by atoms with van der Waals surface area (Å²) < 4.78 is 7.62. The molecule has 136 valence electrons. The molecular weight excluding hydrogens is 360 g/mol.